The number of carbonyl (C=O) groups excluding carboxylic acids is 1. The van der Waals surface area contributed by atoms with E-state index in [1.54, 1.807) is 24.3 Å². The van der Waals surface area contributed by atoms with E-state index in [2.05, 4.69) is 38.9 Å². The first-order valence-electron chi connectivity index (χ1n) is 10.0. The Hall–Kier alpha value is -3.35. The van der Waals surface area contributed by atoms with Crippen LogP contribution in [0.5, 0.6) is 0 Å². The highest BCUT2D eigenvalue weighted by molar-refractivity contribution is 6.30. The molecule has 3 aromatic rings. The summed E-state index contributed by atoms with van der Waals surface area (Å²) < 4.78 is 0. The number of hydrogen-bond acceptors (Lipinski definition) is 5. The van der Waals surface area contributed by atoms with Crippen LogP contribution in [0.4, 0.5) is 11.4 Å². The first kappa shape index (κ1) is 19.6. The lowest BCUT2D eigenvalue weighted by atomic mass is 9.93. The van der Waals surface area contributed by atoms with Crippen molar-refractivity contribution in [3.8, 4) is 0 Å². The lowest BCUT2D eigenvalue weighted by Crippen LogP contribution is -2.49. The number of halogens is 1. The van der Waals surface area contributed by atoms with Gasteiger partial charge in [0.05, 0.1) is 16.7 Å². The van der Waals surface area contributed by atoms with Crippen molar-refractivity contribution < 1.29 is 9.73 Å². The molecule has 0 radical (unpaired) electrons. The summed E-state index contributed by atoms with van der Waals surface area (Å²) in [6.07, 6.45) is 0. The maximum absolute atomic E-state index is 13.4. The summed E-state index contributed by atoms with van der Waals surface area (Å²) in [5.41, 5.74) is 7.67. The molecule has 0 saturated heterocycles. The second-order valence-electron chi connectivity index (χ2n) is 7.81. The van der Waals surface area contributed by atoms with Gasteiger partial charge in [0.1, 0.15) is 0 Å². The van der Waals surface area contributed by atoms with Crippen LogP contribution >= 0.6 is 11.6 Å². The highest BCUT2D eigenvalue weighted by Gasteiger charge is 2.47. The van der Waals surface area contributed by atoms with E-state index < -0.39 is 0 Å². The summed E-state index contributed by atoms with van der Waals surface area (Å²) >= 11 is 6.00. The fourth-order valence-corrected chi connectivity index (χ4v) is 4.21. The Morgan fingerprint density at radius 1 is 0.903 bits per heavy atom. The highest BCUT2D eigenvalue weighted by Crippen LogP contribution is 2.43. The normalized spacial score (nSPS) is 14.9. The van der Waals surface area contributed by atoms with Crippen LogP contribution in [-0.4, -0.2) is 17.0 Å². The molecule has 31 heavy (non-hydrogen) atoms. The van der Waals surface area contributed by atoms with Gasteiger partial charge < -0.3 is 0 Å². The summed E-state index contributed by atoms with van der Waals surface area (Å²) in [5.74, 6) is 0.414. The van der Waals surface area contributed by atoms with Gasteiger partial charge in [0, 0.05) is 16.1 Å². The SMILES string of the molecule is Cc1cc(C)c(C)c(C2=NON3N(C(=O)c4ccc(Cl)cc4)c4ccccc4N23)c1C. The van der Waals surface area contributed by atoms with E-state index in [4.69, 9.17) is 16.5 Å². The standard InChI is InChI=1S/C24H21ClN4O2/c1-14-13-15(2)17(4)22(16(14)3)23-26-31-29-27(23)20-7-5-6-8-21(20)28(29)24(30)18-9-11-19(25)12-10-18/h5-13H,1-4H3. The summed E-state index contributed by atoms with van der Waals surface area (Å²) in [7, 11) is 0. The van der Waals surface area contributed by atoms with Gasteiger partial charge in [0.15, 0.2) is 0 Å². The second kappa shape index (κ2) is 7.11. The van der Waals surface area contributed by atoms with Gasteiger partial charge in [-0.15, -0.1) is 0 Å². The Kier molecular flexibility index (Phi) is 4.50. The van der Waals surface area contributed by atoms with Crippen molar-refractivity contribution in [2.75, 3.05) is 10.0 Å². The van der Waals surface area contributed by atoms with Crippen molar-refractivity contribution >= 4 is 34.7 Å². The van der Waals surface area contributed by atoms with E-state index in [1.165, 1.54) is 21.4 Å². The number of rotatable bonds is 2. The fraction of sp³-hybridized carbons (Fsp3) is 0.167. The molecule has 7 heteroatoms. The van der Waals surface area contributed by atoms with Gasteiger partial charge >= 0.3 is 0 Å². The first-order valence-corrected chi connectivity index (χ1v) is 10.4. The number of fused-ring (bicyclic) bond motifs is 3. The largest absolute Gasteiger partial charge is 0.277 e. The summed E-state index contributed by atoms with van der Waals surface area (Å²) in [4.78, 5) is 19.2. The number of carbonyl (C=O) groups is 1. The van der Waals surface area contributed by atoms with E-state index >= 15 is 0 Å². The topological polar surface area (TPSA) is 48.4 Å². The van der Waals surface area contributed by atoms with Crippen molar-refractivity contribution in [3.63, 3.8) is 0 Å². The van der Waals surface area contributed by atoms with Gasteiger partial charge in [0.25, 0.3) is 5.91 Å². The number of aryl methyl sites for hydroxylation is 2. The summed E-state index contributed by atoms with van der Waals surface area (Å²) in [6, 6.07) is 16.7. The minimum atomic E-state index is -0.239. The molecule has 0 unspecified atom stereocenters. The van der Waals surface area contributed by atoms with Crippen LogP contribution in [0.25, 0.3) is 0 Å². The van der Waals surface area contributed by atoms with Crippen LogP contribution in [0, 0.1) is 27.7 Å². The van der Waals surface area contributed by atoms with Gasteiger partial charge in [-0.05, 0) is 91.5 Å². The van der Waals surface area contributed by atoms with Gasteiger partial charge in [-0.1, -0.05) is 29.8 Å². The molecule has 0 aromatic heterocycles. The zero-order valence-electron chi connectivity index (χ0n) is 17.7. The Bertz CT molecular complexity index is 1230. The fourth-order valence-electron chi connectivity index (χ4n) is 4.08. The number of amides is 1. The Labute approximate surface area is 185 Å². The molecule has 3 aromatic carbocycles. The zero-order chi connectivity index (χ0) is 21.9. The summed E-state index contributed by atoms with van der Waals surface area (Å²) in [6.45, 7) is 8.35. The smallest absolute Gasteiger partial charge is 0.267 e. The van der Waals surface area contributed by atoms with Crippen molar-refractivity contribution in [1.82, 2.24) is 5.28 Å². The molecule has 6 nitrogen and oxygen atoms in total. The molecule has 2 aliphatic heterocycles. The number of hydrazine groups is 2. The molecule has 0 N–H and O–H groups in total. The summed E-state index contributed by atoms with van der Waals surface area (Å²) in [5, 5.41) is 9.70. The van der Waals surface area contributed by atoms with Crippen molar-refractivity contribution in [2.24, 2.45) is 5.16 Å². The third kappa shape index (κ3) is 2.91. The minimum absolute atomic E-state index is 0.239. The molecule has 0 aliphatic carbocycles. The quantitative estimate of drug-likeness (QED) is 0.538. The van der Waals surface area contributed by atoms with Gasteiger partial charge in [-0.2, -0.15) is 10.0 Å². The minimum Gasteiger partial charge on any atom is -0.267 e. The Morgan fingerprint density at radius 2 is 1.52 bits per heavy atom. The zero-order valence-corrected chi connectivity index (χ0v) is 18.4. The number of oxime groups is 1. The number of amidine groups is 1. The third-order valence-electron chi connectivity index (χ3n) is 5.95. The molecular formula is C24H21ClN4O2. The van der Waals surface area contributed by atoms with E-state index in [1.807, 2.05) is 29.3 Å². The molecule has 2 heterocycles. The number of nitrogens with zero attached hydrogens (tertiary/aromatic N) is 4. The third-order valence-corrected chi connectivity index (χ3v) is 6.21. The number of hydrogen-bond donors (Lipinski definition) is 0. The molecule has 0 saturated carbocycles. The van der Waals surface area contributed by atoms with Gasteiger partial charge in [0.2, 0.25) is 5.84 Å². The lowest BCUT2D eigenvalue weighted by molar-refractivity contribution is -0.135. The van der Waals surface area contributed by atoms with Crippen molar-refractivity contribution in [1.29, 1.82) is 0 Å². The van der Waals surface area contributed by atoms with E-state index in [9.17, 15) is 4.79 Å². The molecule has 0 spiro atoms. The maximum Gasteiger partial charge on any atom is 0.277 e. The number of para-hydroxylation sites is 2. The van der Waals surface area contributed by atoms with E-state index in [0.29, 0.717) is 16.4 Å². The molecule has 2 aliphatic rings. The molecule has 0 atom stereocenters. The van der Waals surface area contributed by atoms with Crippen LogP contribution < -0.4 is 10.0 Å². The predicted molar refractivity (Wildman–Crippen MR) is 122 cm³/mol. The van der Waals surface area contributed by atoms with Crippen molar-refractivity contribution in [2.45, 2.75) is 27.7 Å². The van der Waals surface area contributed by atoms with E-state index in [-0.39, 0.29) is 5.91 Å². The van der Waals surface area contributed by atoms with Crippen molar-refractivity contribution in [3.05, 3.63) is 93.0 Å². The molecule has 1 amide bonds. The van der Waals surface area contributed by atoms with E-state index in [0.717, 1.165) is 28.1 Å². The van der Waals surface area contributed by atoms with Crippen LogP contribution in [-0.2, 0) is 4.94 Å². The number of anilines is 2. The van der Waals surface area contributed by atoms with Gasteiger partial charge in [-0.25, -0.2) is 0 Å². The number of benzene rings is 3. The molecular weight excluding hydrogens is 412 g/mol. The van der Waals surface area contributed by atoms with Crippen LogP contribution in [0.15, 0.2) is 59.8 Å². The van der Waals surface area contributed by atoms with Crippen LogP contribution in [0.1, 0.15) is 38.2 Å². The highest BCUT2D eigenvalue weighted by atomic mass is 35.5. The Morgan fingerprint density at radius 3 is 2.16 bits per heavy atom. The molecule has 5 rings (SSSR count). The Balaban J connectivity index is 1.63. The predicted octanol–water partition coefficient (Wildman–Crippen LogP) is 5.48. The van der Waals surface area contributed by atoms with Crippen LogP contribution in [0.2, 0.25) is 5.02 Å². The molecule has 0 fully saturated rings. The second-order valence-corrected chi connectivity index (χ2v) is 8.25. The van der Waals surface area contributed by atoms with Gasteiger partial charge in [-0.3, -0.25) is 9.73 Å². The monoisotopic (exact) mass is 432 g/mol. The molecule has 156 valence electrons. The molecule has 0 bridgehead atoms. The van der Waals surface area contributed by atoms with Crippen LogP contribution in [0.3, 0.4) is 0 Å². The lowest BCUT2D eigenvalue weighted by Gasteiger charge is -2.25. The average Bonchev–Trinajstić information content (AvgIpc) is 3.31. The first-order chi connectivity index (χ1) is 14.9. The average molecular weight is 433 g/mol. The maximum atomic E-state index is 13.4.